The SMILES string of the molecule is Cc1ccccc1NC(=O)CN[C@H](C)c1cccnc1. The maximum atomic E-state index is 11.9. The molecular weight excluding hydrogens is 250 g/mol. The summed E-state index contributed by atoms with van der Waals surface area (Å²) in [7, 11) is 0. The van der Waals surface area contributed by atoms with Crippen LogP contribution in [0.2, 0.25) is 0 Å². The highest BCUT2D eigenvalue weighted by atomic mass is 16.1. The third kappa shape index (κ3) is 3.90. The van der Waals surface area contributed by atoms with Crippen LogP contribution in [0, 0.1) is 6.92 Å². The zero-order valence-corrected chi connectivity index (χ0v) is 11.8. The van der Waals surface area contributed by atoms with Gasteiger partial charge in [0.25, 0.3) is 0 Å². The van der Waals surface area contributed by atoms with Gasteiger partial charge in [-0.3, -0.25) is 9.78 Å². The average molecular weight is 269 g/mol. The molecule has 2 rings (SSSR count). The van der Waals surface area contributed by atoms with E-state index in [2.05, 4.69) is 15.6 Å². The summed E-state index contributed by atoms with van der Waals surface area (Å²) in [5.41, 5.74) is 2.98. The minimum Gasteiger partial charge on any atom is -0.325 e. The number of aromatic nitrogens is 1. The first kappa shape index (κ1) is 14.2. The van der Waals surface area contributed by atoms with Crippen LogP contribution in [0.1, 0.15) is 24.1 Å². The number of carbonyl (C=O) groups excluding carboxylic acids is 1. The smallest absolute Gasteiger partial charge is 0.238 e. The summed E-state index contributed by atoms with van der Waals surface area (Å²) in [6.45, 7) is 4.25. The van der Waals surface area contributed by atoms with Crippen molar-refractivity contribution in [3.63, 3.8) is 0 Å². The summed E-state index contributed by atoms with van der Waals surface area (Å²) < 4.78 is 0. The number of carbonyl (C=O) groups is 1. The molecule has 0 fully saturated rings. The predicted octanol–water partition coefficient (Wildman–Crippen LogP) is 2.68. The lowest BCUT2D eigenvalue weighted by Crippen LogP contribution is -2.30. The van der Waals surface area contributed by atoms with Gasteiger partial charge in [0, 0.05) is 24.1 Å². The Hall–Kier alpha value is -2.20. The molecule has 4 heteroatoms. The second-order valence-corrected chi connectivity index (χ2v) is 4.75. The number of nitrogens with zero attached hydrogens (tertiary/aromatic N) is 1. The van der Waals surface area contributed by atoms with Crippen LogP contribution in [0.5, 0.6) is 0 Å². The van der Waals surface area contributed by atoms with Crippen LogP contribution in [0.3, 0.4) is 0 Å². The van der Waals surface area contributed by atoms with Crippen LogP contribution >= 0.6 is 0 Å². The Morgan fingerprint density at radius 2 is 2.05 bits per heavy atom. The molecule has 1 amide bonds. The quantitative estimate of drug-likeness (QED) is 0.877. The second-order valence-electron chi connectivity index (χ2n) is 4.75. The van der Waals surface area contributed by atoms with Crippen molar-refractivity contribution in [1.82, 2.24) is 10.3 Å². The zero-order chi connectivity index (χ0) is 14.4. The van der Waals surface area contributed by atoms with Gasteiger partial charge in [-0.25, -0.2) is 0 Å². The Bertz CT molecular complexity index is 569. The minimum absolute atomic E-state index is 0.0463. The van der Waals surface area contributed by atoms with Gasteiger partial charge in [-0.1, -0.05) is 24.3 Å². The highest BCUT2D eigenvalue weighted by Crippen LogP contribution is 2.13. The molecule has 0 radical (unpaired) electrons. The molecular formula is C16H19N3O. The van der Waals surface area contributed by atoms with Crippen LogP contribution < -0.4 is 10.6 Å². The van der Waals surface area contributed by atoms with E-state index < -0.39 is 0 Å². The average Bonchev–Trinajstić information content (AvgIpc) is 2.48. The highest BCUT2D eigenvalue weighted by Gasteiger charge is 2.08. The number of nitrogens with one attached hydrogen (secondary N) is 2. The third-order valence-corrected chi connectivity index (χ3v) is 3.17. The fourth-order valence-corrected chi connectivity index (χ4v) is 1.90. The molecule has 4 nitrogen and oxygen atoms in total. The molecule has 0 aliphatic carbocycles. The lowest BCUT2D eigenvalue weighted by molar-refractivity contribution is -0.115. The number of para-hydroxylation sites is 1. The number of benzene rings is 1. The van der Waals surface area contributed by atoms with Gasteiger partial charge in [-0.15, -0.1) is 0 Å². The molecule has 20 heavy (non-hydrogen) atoms. The van der Waals surface area contributed by atoms with E-state index in [1.165, 1.54) is 0 Å². The van der Waals surface area contributed by atoms with Gasteiger partial charge in [0.05, 0.1) is 6.54 Å². The number of hydrogen-bond donors (Lipinski definition) is 2. The monoisotopic (exact) mass is 269 g/mol. The van der Waals surface area contributed by atoms with Gasteiger partial charge in [0.1, 0.15) is 0 Å². The van der Waals surface area contributed by atoms with Crippen molar-refractivity contribution in [3.8, 4) is 0 Å². The first-order valence-corrected chi connectivity index (χ1v) is 6.65. The standard InChI is InChI=1S/C16H19N3O/c1-12-6-3-4-8-15(12)19-16(20)11-18-13(2)14-7-5-9-17-10-14/h3-10,13,18H,11H2,1-2H3,(H,19,20)/t13-/m1/s1. The van der Waals surface area contributed by atoms with Crippen molar-refractivity contribution in [2.24, 2.45) is 0 Å². The van der Waals surface area contributed by atoms with E-state index in [1.807, 2.05) is 50.2 Å². The van der Waals surface area contributed by atoms with Crippen LogP contribution in [0.15, 0.2) is 48.8 Å². The zero-order valence-electron chi connectivity index (χ0n) is 11.8. The Morgan fingerprint density at radius 3 is 2.75 bits per heavy atom. The Balaban J connectivity index is 1.85. The number of anilines is 1. The third-order valence-electron chi connectivity index (χ3n) is 3.17. The molecule has 0 aliphatic rings. The van der Waals surface area contributed by atoms with Gasteiger partial charge in [-0.05, 0) is 37.1 Å². The molecule has 1 aromatic carbocycles. The van der Waals surface area contributed by atoms with Gasteiger partial charge in [0.15, 0.2) is 0 Å². The van der Waals surface area contributed by atoms with E-state index in [0.29, 0.717) is 0 Å². The van der Waals surface area contributed by atoms with Crippen LogP contribution in [0.4, 0.5) is 5.69 Å². The van der Waals surface area contributed by atoms with E-state index >= 15 is 0 Å². The molecule has 2 aromatic rings. The highest BCUT2D eigenvalue weighted by molar-refractivity contribution is 5.92. The summed E-state index contributed by atoms with van der Waals surface area (Å²) >= 11 is 0. The summed E-state index contributed by atoms with van der Waals surface area (Å²) in [5.74, 6) is -0.0463. The molecule has 1 heterocycles. The minimum atomic E-state index is -0.0463. The van der Waals surface area contributed by atoms with Crippen molar-refractivity contribution in [1.29, 1.82) is 0 Å². The maximum Gasteiger partial charge on any atom is 0.238 e. The lowest BCUT2D eigenvalue weighted by Gasteiger charge is -2.14. The van der Waals surface area contributed by atoms with Crippen molar-refractivity contribution < 1.29 is 4.79 Å². The predicted molar refractivity (Wildman–Crippen MR) is 80.5 cm³/mol. The molecule has 0 saturated heterocycles. The van der Waals surface area contributed by atoms with Crippen molar-refractivity contribution in [2.45, 2.75) is 19.9 Å². The first-order valence-electron chi connectivity index (χ1n) is 6.65. The van der Waals surface area contributed by atoms with E-state index in [4.69, 9.17) is 0 Å². The molecule has 0 saturated carbocycles. The number of rotatable bonds is 5. The molecule has 104 valence electrons. The molecule has 2 N–H and O–H groups in total. The number of pyridine rings is 1. The summed E-state index contributed by atoms with van der Waals surface area (Å²) in [4.78, 5) is 16.0. The van der Waals surface area contributed by atoms with Crippen molar-refractivity contribution in [3.05, 3.63) is 59.9 Å². The topological polar surface area (TPSA) is 54.0 Å². The lowest BCUT2D eigenvalue weighted by atomic mass is 10.1. The molecule has 1 atom stereocenters. The van der Waals surface area contributed by atoms with Gasteiger partial charge >= 0.3 is 0 Å². The number of hydrogen-bond acceptors (Lipinski definition) is 3. The van der Waals surface area contributed by atoms with E-state index in [0.717, 1.165) is 16.8 Å². The normalized spacial score (nSPS) is 11.9. The van der Waals surface area contributed by atoms with Crippen LogP contribution in [-0.2, 0) is 4.79 Å². The summed E-state index contributed by atoms with van der Waals surface area (Å²) in [5, 5.41) is 6.09. The van der Waals surface area contributed by atoms with E-state index in [1.54, 1.807) is 12.4 Å². The molecule has 0 bridgehead atoms. The van der Waals surface area contributed by atoms with E-state index in [-0.39, 0.29) is 18.5 Å². The Kier molecular flexibility index (Phi) is 4.85. The first-order chi connectivity index (χ1) is 9.66. The van der Waals surface area contributed by atoms with Gasteiger partial charge in [0.2, 0.25) is 5.91 Å². The molecule has 0 aliphatic heterocycles. The molecule has 0 spiro atoms. The second kappa shape index (κ2) is 6.82. The van der Waals surface area contributed by atoms with Crippen LogP contribution in [-0.4, -0.2) is 17.4 Å². The fourth-order valence-electron chi connectivity index (χ4n) is 1.90. The summed E-state index contributed by atoms with van der Waals surface area (Å²) in [6.07, 6.45) is 3.54. The fraction of sp³-hybridized carbons (Fsp3) is 0.250. The number of amides is 1. The molecule has 0 unspecified atom stereocenters. The van der Waals surface area contributed by atoms with E-state index in [9.17, 15) is 4.79 Å². The Labute approximate surface area is 119 Å². The van der Waals surface area contributed by atoms with Gasteiger partial charge < -0.3 is 10.6 Å². The van der Waals surface area contributed by atoms with Crippen molar-refractivity contribution in [2.75, 3.05) is 11.9 Å². The number of aryl methyl sites for hydroxylation is 1. The maximum absolute atomic E-state index is 11.9. The summed E-state index contributed by atoms with van der Waals surface area (Å²) in [6, 6.07) is 11.7. The van der Waals surface area contributed by atoms with Gasteiger partial charge in [-0.2, -0.15) is 0 Å². The molecule has 1 aromatic heterocycles. The largest absolute Gasteiger partial charge is 0.325 e. The Morgan fingerprint density at radius 1 is 1.25 bits per heavy atom. The van der Waals surface area contributed by atoms with Crippen molar-refractivity contribution >= 4 is 11.6 Å². The van der Waals surface area contributed by atoms with Crippen LogP contribution in [0.25, 0.3) is 0 Å².